The largest absolute Gasteiger partial charge is 0.465 e. The number of hydrogen-bond donors (Lipinski definition) is 0. The van der Waals surface area contributed by atoms with E-state index in [0.717, 1.165) is 29.6 Å². The minimum Gasteiger partial charge on any atom is -0.465 e. The van der Waals surface area contributed by atoms with E-state index < -0.39 is 0 Å². The van der Waals surface area contributed by atoms with Crippen molar-refractivity contribution < 1.29 is 9.47 Å². The molecule has 3 rings (SSSR count). The fourth-order valence-electron chi connectivity index (χ4n) is 4.15. The maximum absolute atomic E-state index is 6.09. The van der Waals surface area contributed by atoms with Gasteiger partial charge in [0.15, 0.2) is 0 Å². The predicted molar refractivity (Wildman–Crippen MR) is 71.8 cm³/mol. The summed E-state index contributed by atoms with van der Waals surface area (Å²) >= 11 is 0. The highest BCUT2D eigenvalue weighted by molar-refractivity contribution is 5.27. The van der Waals surface area contributed by atoms with Crippen LogP contribution in [0.1, 0.15) is 39.5 Å². The minimum atomic E-state index is -0.0850. The molecule has 0 aromatic heterocycles. The first-order chi connectivity index (χ1) is 8.58. The van der Waals surface area contributed by atoms with E-state index >= 15 is 0 Å². The second-order valence-electron chi connectivity index (χ2n) is 6.36. The number of ether oxygens (including phenoxy) is 2. The van der Waals surface area contributed by atoms with Crippen molar-refractivity contribution in [1.29, 1.82) is 0 Å². The smallest absolute Gasteiger partial charge is 0.203 e. The molecule has 3 fully saturated rings. The molecule has 2 heteroatoms. The summed E-state index contributed by atoms with van der Waals surface area (Å²) in [5.41, 5.74) is 1.12. The van der Waals surface area contributed by atoms with Gasteiger partial charge in [0.05, 0.1) is 6.10 Å². The van der Waals surface area contributed by atoms with Gasteiger partial charge in [0, 0.05) is 5.92 Å². The van der Waals surface area contributed by atoms with Crippen LogP contribution < -0.4 is 0 Å². The second-order valence-corrected chi connectivity index (χ2v) is 6.36. The van der Waals surface area contributed by atoms with Crippen LogP contribution in [0.3, 0.4) is 0 Å². The summed E-state index contributed by atoms with van der Waals surface area (Å²) in [6, 6.07) is 0. The molecule has 0 N–H and O–H groups in total. The average Bonchev–Trinajstić information content (AvgIpc) is 2.49. The third kappa shape index (κ3) is 1.82. The average molecular weight is 248 g/mol. The van der Waals surface area contributed by atoms with Crippen LogP contribution in [0.25, 0.3) is 0 Å². The van der Waals surface area contributed by atoms with E-state index in [1.165, 1.54) is 19.3 Å². The Morgan fingerprint density at radius 3 is 2.61 bits per heavy atom. The van der Waals surface area contributed by atoms with E-state index in [4.69, 9.17) is 9.47 Å². The van der Waals surface area contributed by atoms with E-state index in [0.29, 0.717) is 17.9 Å². The van der Waals surface area contributed by atoms with Gasteiger partial charge in [-0.1, -0.05) is 20.1 Å². The van der Waals surface area contributed by atoms with Gasteiger partial charge in [-0.3, -0.25) is 0 Å². The zero-order chi connectivity index (χ0) is 12.9. The highest BCUT2D eigenvalue weighted by Gasteiger charge is 2.49. The molecule has 0 spiro atoms. The molecule has 0 amide bonds. The first-order valence-electron chi connectivity index (χ1n) is 7.28. The molecule has 0 aromatic carbocycles. The Hall–Kier alpha value is -0.760. The monoisotopic (exact) mass is 248 g/mol. The van der Waals surface area contributed by atoms with Gasteiger partial charge < -0.3 is 9.47 Å². The van der Waals surface area contributed by atoms with Crippen LogP contribution in [0.5, 0.6) is 0 Å². The molecule has 4 unspecified atom stereocenters. The predicted octanol–water partition coefficient (Wildman–Crippen LogP) is 3.89. The second kappa shape index (κ2) is 4.41. The minimum absolute atomic E-state index is 0.0850. The molecule has 0 radical (unpaired) electrons. The van der Waals surface area contributed by atoms with E-state index in [-0.39, 0.29) is 6.29 Å². The molecule has 2 nitrogen and oxygen atoms in total. The van der Waals surface area contributed by atoms with E-state index in [9.17, 15) is 0 Å². The molecule has 0 aromatic rings. The Balaban J connectivity index is 1.95. The molecule has 100 valence electrons. The summed E-state index contributed by atoms with van der Waals surface area (Å²) in [6.07, 6.45) is 5.16. The Morgan fingerprint density at radius 2 is 1.83 bits per heavy atom. The molecule has 3 aliphatic rings. The molecular formula is C16H24O2. The van der Waals surface area contributed by atoms with Gasteiger partial charge in [-0.2, -0.15) is 0 Å². The zero-order valence-corrected chi connectivity index (χ0v) is 11.5. The van der Waals surface area contributed by atoms with E-state index in [1.54, 1.807) is 0 Å². The maximum atomic E-state index is 6.09. The van der Waals surface area contributed by atoms with Gasteiger partial charge in [0.25, 0.3) is 0 Å². The van der Waals surface area contributed by atoms with Crippen LogP contribution in [0.4, 0.5) is 0 Å². The van der Waals surface area contributed by atoms with E-state index in [1.807, 2.05) is 0 Å². The molecular weight excluding hydrogens is 224 g/mol. The van der Waals surface area contributed by atoms with E-state index in [2.05, 4.69) is 27.0 Å². The Morgan fingerprint density at radius 1 is 1.06 bits per heavy atom. The number of hydrogen-bond acceptors (Lipinski definition) is 2. The Kier molecular flexibility index (Phi) is 3.01. The SMILES string of the molecule is C=C1O[C@@H]2O[C@@H](C)CCC3C(C)CCC(C1=C)C32. The quantitative estimate of drug-likeness (QED) is 0.647. The van der Waals surface area contributed by atoms with Crippen LogP contribution in [0.15, 0.2) is 24.5 Å². The molecule has 2 heterocycles. The lowest BCUT2D eigenvalue weighted by Gasteiger charge is -2.48. The molecule has 1 saturated carbocycles. The topological polar surface area (TPSA) is 18.5 Å². The van der Waals surface area contributed by atoms with Gasteiger partial charge in [-0.15, -0.1) is 0 Å². The standard InChI is InChI=1S/C16H24O2/c1-9-5-7-14-11(3)12(4)18-16-15(14)13(9)8-6-10(2)17-16/h9-10,13-16H,3-8H2,1-2H3/t9?,10-,13?,14?,15?,16-/m0/s1. The van der Waals surface area contributed by atoms with Crippen molar-refractivity contribution in [2.24, 2.45) is 23.7 Å². The van der Waals surface area contributed by atoms with Crippen LogP contribution in [-0.2, 0) is 9.47 Å². The van der Waals surface area contributed by atoms with Crippen molar-refractivity contribution in [2.75, 3.05) is 0 Å². The van der Waals surface area contributed by atoms with Crippen LogP contribution in [-0.4, -0.2) is 12.4 Å². The van der Waals surface area contributed by atoms with Crippen molar-refractivity contribution in [1.82, 2.24) is 0 Å². The number of rotatable bonds is 0. The highest BCUT2D eigenvalue weighted by atomic mass is 16.7. The summed E-state index contributed by atoms with van der Waals surface area (Å²) in [7, 11) is 0. The van der Waals surface area contributed by atoms with Crippen molar-refractivity contribution in [2.45, 2.75) is 51.9 Å². The molecule has 2 aliphatic heterocycles. The number of allylic oxidation sites excluding steroid dienone is 1. The highest BCUT2D eigenvalue weighted by Crippen LogP contribution is 2.52. The van der Waals surface area contributed by atoms with Crippen molar-refractivity contribution in [3.05, 3.63) is 24.5 Å². The van der Waals surface area contributed by atoms with Crippen LogP contribution in [0.2, 0.25) is 0 Å². The lowest BCUT2D eigenvalue weighted by Crippen LogP contribution is -2.46. The maximum Gasteiger partial charge on any atom is 0.203 e. The summed E-state index contributed by atoms with van der Waals surface area (Å²) < 4.78 is 12.0. The van der Waals surface area contributed by atoms with Crippen molar-refractivity contribution in [3.8, 4) is 0 Å². The van der Waals surface area contributed by atoms with Gasteiger partial charge in [0.2, 0.25) is 6.29 Å². The fourth-order valence-corrected chi connectivity index (χ4v) is 4.15. The van der Waals surface area contributed by atoms with Gasteiger partial charge in [-0.25, -0.2) is 0 Å². The summed E-state index contributed by atoms with van der Waals surface area (Å²) in [5, 5.41) is 0. The van der Waals surface area contributed by atoms with Gasteiger partial charge >= 0.3 is 0 Å². The third-order valence-corrected chi connectivity index (χ3v) is 5.27. The third-order valence-electron chi connectivity index (χ3n) is 5.27. The molecule has 18 heavy (non-hydrogen) atoms. The first kappa shape index (κ1) is 12.3. The summed E-state index contributed by atoms with van der Waals surface area (Å²) in [4.78, 5) is 0. The Bertz CT molecular complexity index is 373. The Labute approximate surface area is 110 Å². The molecule has 1 aliphatic carbocycles. The lowest BCUT2D eigenvalue weighted by atomic mass is 9.62. The van der Waals surface area contributed by atoms with Gasteiger partial charge in [-0.05, 0) is 55.9 Å². The van der Waals surface area contributed by atoms with Gasteiger partial charge in [0.1, 0.15) is 5.76 Å². The van der Waals surface area contributed by atoms with Crippen LogP contribution in [0, 0.1) is 23.7 Å². The molecule has 0 bridgehead atoms. The first-order valence-corrected chi connectivity index (χ1v) is 7.28. The lowest BCUT2D eigenvalue weighted by molar-refractivity contribution is -0.200. The van der Waals surface area contributed by atoms with Crippen molar-refractivity contribution >= 4 is 0 Å². The molecule has 6 atom stereocenters. The van der Waals surface area contributed by atoms with Crippen LogP contribution >= 0.6 is 0 Å². The normalized spacial score (nSPS) is 48.1. The zero-order valence-electron chi connectivity index (χ0n) is 11.5. The molecule has 2 saturated heterocycles. The fraction of sp³-hybridized carbons (Fsp3) is 0.750. The van der Waals surface area contributed by atoms with Crippen molar-refractivity contribution in [3.63, 3.8) is 0 Å². The summed E-state index contributed by atoms with van der Waals surface area (Å²) in [5.74, 6) is 3.29. The summed E-state index contributed by atoms with van der Waals surface area (Å²) in [6.45, 7) is 12.8.